The summed E-state index contributed by atoms with van der Waals surface area (Å²) in [5, 5.41) is 3.98. The molecule has 3 N–H and O–H groups in total. The van der Waals surface area contributed by atoms with E-state index in [1.54, 1.807) is 18.4 Å². The molecule has 0 aliphatic rings. The average molecular weight is 358 g/mol. The molecule has 0 fully saturated rings. The van der Waals surface area contributed by atoms with Crippen LogP contribution in [-0.4, -0.2) is 30.6 Å². The van der Waals surface area contributed by atoms with Crippen molar-refractivity contribution in [3.05, 3.63) is 23.2 Å². The Labute approximate surface area is 147 Å². The number of carbonyl (C=O) groups excluding carboxylic acids is 1. The van der Waals surface area contributed by atoms with Crippen molar-refractivity contribution in [2.24, 2.45) is 5.73 Å². The van der Waals surface area contributed by atoms with Crippen molar-refractivity contribution in [1.29, 1.82) is 0 Å². The van der Waals surface area contributed by atoms with Crippen LogP contribution in [0.25, 0.3) is 10.2 Å². The van der Waals surface area contributed by atoms with E-state index in [1.807, 2.05) is 18.2 Å². The lowest BCUT2D eigenvalue weighted by atomic mass is 9.98. The number of methoxy groups -OCH3 is 1. The van der Waals surface area contributed by atoms with Gasteiger partial charge in [0.05, 0.1) is 27.7 Å². The number of anilines is 1. The van der Waals surface area contributed by atoms with Crippen molar-refractivity contribution in [2.45, 2.75) is 38.7 Å². The van der Waals surface area contributed by atoms with E-state index in [4.69, 9.17) is 10.5 Å². The normalized spacial score (nSPS) is 12.7. The summed E-state index contributed by atoms with van der Waals surface area (Å²) in [4.78, 5) is 16.6. The molecule has 23 heavy (non-hydrogen) atoms. The molecule has 2 aromatic rings. The molecular weight excluding hydrogens is 334 g/mol. The van der Waals surface area contributed by atoms with E-state index in [9.17, 15) is 4.79 Å². The van der Waals surface area contributed by atoms with Gasteiger partial charge in [0, 0.05) is 24.8 Å². The van der Waals surface area contributed by atoms with Crippen molar-refractivity contribution in [2.75, 3.05) is 19.0 Å². The Bertz CT molecular complexity index is 663. The maximum atomic E-state index is 12.0. The third-order valence-electron chi connectivity index (χ3n) is 3.32. The molecule has 5 nitrogen and oxygen atoms in total. The zero-order valence-electron chi connectivity index (χ0n) is 13.9. The smallest absolute Gasteiger partial charge is 0.227 e. The Balaban J connectivity index is 0.00000264. The Morgan fingerprint density at radius 2 is 2.13 bits per heavy atom. The van der Waals surface area contributed by atoms with Crippen LogP contribution in [0.1, 0.15) is 32.2 Å². The van der Waals surface area contributed by atoms with Crippen molar-refractivity contribution in [1.82, 2.24) is 4.98 Å². The van der Waals surface area contributed by atoms with Gasteiger partial charge >= 0.3 is 0 Å². The predicted octanol–water partition coefficient (Wildman–Crippen LogP) is 3.32. The number of fused-ring (bicyclic) bond motifs is 1. The van der Waals surface area contributed by atoms with Crippen LogP contribution >= 0.6 is 23.7 Å². The van der Waals surface area contributed by atoms with Gasteiger partial charge in [0.2, 0.25) is 5.91 Å². The van der Waals surface area contributed by atoms with Gasteiger partial charge in [0.1, 0.15) is 0 Å². The summed E-state index contributed by atoms with van der Waals surface area (Å²) in [6.45, 7) is 6.76. The van der Waals surface area contributed by atoms with Gasteiger partial charge in [-0.1, -0.05) is 20.8 Å². The largest absolute Gasteiger partial charge is 0.380 e. The lowest BCUT2D eigenvalue weighted by Gasteiger charge is -2.13. The van der Waals surface area contributed by atoms with Crippen LogP contribution in [0.2, 0.25) is 0 Å². The highest BCUT2D eigenvalue weighted by Crippen LogP contribution is 2.32. The third-order valence-corrected chi connectivity index (χ3v) is 4.77. The minimum atomic E-state index is -0.250. The number of carbonyl (C=O) groups is 1. The number of rotatable bonds is 5. The van der Waals surface area contributed by atoms with Gasteiger partial charge < -0.3 is 15.8 Å². The Morgan fingerprint density at radius 1 is 1.43 bits per heavy atom. The standard InChI is InChI=1S/C16H23N3O2S.ClH/c1-16(2,3)15-19-12-6-5-10(7-13(12)22-15)18-14(20)8-11(9-17)21-4;/h5-7,11H,8-9,17H2,1-4H3,(H,18,20);1H. The minimum absolute atomic E-state index is 0. The van der Waals surface area contributed by atoms with Crippen LogP contribution in [0.15, 0.2) is 18.2 Å². The fraction of sp³-hybridized carbons (Fsp3) is 0.500. The van der Waals surface area contributed by atoms with Crippen LogP contribution in [0, 0.1) is 0 Å². The number of benzene rings is 1. The predicted molar refractivity (Wildman–Crippen MR) is 98.7 cm³/mol. The van der Waals surface area contributed by atoms with Crippen LogP contribution < -0.4 is 11.1 Å². The Morgan fingerprint density at radius 3 is 2.70 bits per heavy atom. The first-order chi connectivity index (χ1) is 10.3. The number of aromatic nitrogens is 1. The van der Waals surface area contributed by atoms with E-state index >= 15 is 0 Å². The fourth-order valence-electron chi connectivity index (χ4n) is 2.00. The van der Waals surface area contributed by atoms with Crippen LogP contribution in [0.5, 0.6) is 0 Å². The number of amides is 1. The summed E-state index contributed by atoms with van der Waals surface area (Å²) in [5.74, 6) is -0.0998. The van der Waals surface area contributed by atoms with E-state index in [0.29, 0.717) is 6.54 Å². The minimum Gasteiger partial charge on any atom is -0.380 e. The molecule has 1 amide bonds. The van der Waals surface area contributed by atoms with E-state index in [2.05, 4.69) is 31.1 Å². The third kappa shape index (κ3) is 5.14. The molecule has 1 aromatic carbocycles. The maximum Gasteiger partial charge on any atom is 0.227 e. The molecule has 128 valence electrons. The maximum absolute atomic E-state index is 12.0. The van der Waals surface area contributed by atoms with Crippen LogP contribution in [0.4, 0.5) is 5.69 Å². The molecule has 1 atom stereocenters. The van der Waals surface area contributed by atoms with Gasteiger partial charge in [-0.2, -0.15) is 0 Å². The molecule has 7 heteroatoms. The van der Waals surface area contributed by atoms with Crippen molar-refractivity contribution in [3.63, 3.8) is 0 Å². The van der Waals surface area contributed by atoms with Gasteiger partial charge in [-0.15, -0.1) is 23.7 Å². The highest BCUT2D eigenvalue weighted by Gasteiger charge is 2.19. The van der Waals surface area contributed by atoms with Crippen LogP contribution in [-0.2, 0) is 14.9 Å². The first kappa shape index (κ1) is 19.8. The summed E-state index contributed by atoms with van der Waals surface area (Å²) < 4.78 is 6.20. The van der Waals surface area contributed by atoms with Gasteiger partial charge in [0.15, 0.2) is 0 Å². The topological polar surface area (TPSA) is 77.2 Å². The zero-order chi connectivity index (χ0) is 16.3. The van der Waals surface area contributed by atoms with E-state index in [-0.39, 0.29) is 36.3 Å². The van der Waals surface area contributed by atoms with E-state index in [0.717, 1.165) is 20.9 Å². The molecule has 2 rings (SSSR count). The Kier molecular flexibility index (Phi) is 6.95. The Hall–Kier alpha value is -1.21. The zero-order valence-corrected chi connectivity index (χ0v) is 15.5. The summed E-state index contributed by atoms with van der Waals surface area (Å²) in [6.07, 6.45) is 0.000617. The van der Waals surface area contributed by atoms with Crippen molar-refractivity contribution in [3.8, 4) is 0 Å². The lowest BCUT2D eigenvalue weighted by Crippen LogP contribution is -2.28. The molecule has 1 unspecified atom stereocenters. The first-order valence-electron chi connectivity index (χ1n) is 7.27. The number of nitrogens with one attached hydrogen (secondary N) is 1. The average Bonchev–Trinajstić information content (AvgIpc) is 2.88. The molecule has 0 saturated heterocycles. The lowest BCUT2D eigenvalue weighted by molar-refractivity contribution is -0.118. The molecule has 0 saturated carbocycles. The van der Waals surface area contributed by atoms with Crippen LogP contribution in [0.3, 0.4) is 0 Å². The van der Waals surface area contributed by atoms with Gasteiger partial charge in [-0.05, 0) is 18.2 Å². The molecule has 0 aliphatic heterocycles. The number of nitrogens with two attached hydrogens (primary N) is 1. The van der Waals surface area contributed by atoms with E-state index in [1.165, 1.54) is 0 Å². The summed E-state index contributed by atoms with van der Waals surface area (Å²) >= 11 is 1.66. The number of nitrogens with zero attached hydrogens (tertiary/aromatic N) is 1. The number of ether oxygens (including phenoxy) is 1. The first-order valence-corrected chi connectivity index (χ1v) is 8.09. The van der Waals surface area contributed by atoms with Gasteiger partial charge in [-0.3, -0.25) is 4.79 Å². The highest BCUT2D eigenvalue weighted by molar-refractivity contribution is 7.18. The summed E-state index contributed by atoms with van der Waals surface area (Å²) in [5.41, 5.74) is 7.29. The van der Waals surface area contributed by atoms with Crippen molar-refractivity contribution >= 4 is 45.6 Å². The number of halogens is 1. The molecule has 0 spiro atoms. The SMILES string of the molecule is COC(CN)CC(=O)Nc1ccc2nc(C(C)(C)C)sc2c1.Cl. The van der Waals surface area contributed by atoms with Crippen molar-refractivity contribution < 1.29 is 9.53 Å². The van der Waals surface area contributed by atoms with Gasteiger partial charge in [0.25, 0.3) is 0 Å². The number of thiazole rings is 1. The molecule has 0 bridgehead atoms. The number of hydrogen-bond donors (Lipinski definition) is 2. The van der Waals surface area contributed by atoms with Gasteiger partial charge in [-0.25, -0.2) is 4.98 Å². The fourth-order valence-corrected chi connectivity index (χ4v) is 3.07. The second kappa shape index (κ2) is 8.06. The summed E-state index contributed by atoms with van der Waals surface area (Å²) in [6, 6.07) is 5.77. The molecule has 1 heterocycles. The van der Waals surface area contributed by atoms with E-state index < -0.39 is 0 Å². The highest BCUT2D eigenvalue weighted by atomic mass is 35.5. The number of hydrogen-bond acceptors (Lipinski definition) is 5. The molecule has 1 aromatic heterocycles. The molecular formula is C16H24ClN3O2S. The monoisotopic (exact) mass is 357 g/mol. The molecule has 0 radical (unpaired) electrons. The second-order valence-electron chi connectivity index (χ2n) is 6.30. The second-order valence-corrected chi connectivity index (χ2v) is 7.33. The summed E-state index contributed by atoms with van der Waals surface area (Å²) in [7, 11) is 1.56. The quantitative estimate of drug-likeness (QED) is 0.860. The molecule has 0 aliphatic carbocycles.